The highest BCUT2D eigenvalue weighted by Crippen LogP contribution is 2.29. The van der Waals surface area contributed by atoms with Gasteiger partial charge in [-0.05, 0) is 48.4 Å². The highest BCUT2D eigenvalue weighted by Gasteiger charge is 2.33. The van der Waals surface area contributed by atoms with Crippen molar-refractivity contribution in [1.29, 1.82) is 0 Å². The Morgan fingerprint density at radius 1 is 1.13 bits per heavy atom. The topological polar surface area (TPSA) is 85.3 Å². The zero-order chi connectivity index (χ0) is 22.4. The molecule has 1 heterocycles. The molecule has 3 rings (SSSR count). The molecule has 31 heavy (non-hydrogen) atoms. The first-order valence-corrected chi connectivity index (χ1v) is 11.8. The zero-order valence-corrected chi connectivity index (χ0v) is 18.5. The van der Waals surface area contributed by atoms with Gasteiger partial charge in [0.15, 0.2) is 21.3 Å². The molecule has 1 fully saturated rings. The molecule has 2 aromatic rings. The molecule has 0 bridgehead atoms. The van der Waals surface area contributed by atoms with Crippen LogP contribution >= 0.6 is 0 Å². The van der Waals surface area contributed by atoms with Gasteiger partial charge in [0.2, 0.25) is 0 Å². The largest absolute Gasteiger partial charge is 0.493 e. The molecule has 1 aliphatic heterocycles. The summed E-state index contributed by atoms with van der Waals surface area (Å²) >= 11 is 0. The molecule has 1 N–H and O–H groups in total. The molecule has 7 nitrogen and oxygen atoms in total. The number of hydrogen-bond donors (Lipinski definition) is 1. The third-order valence-corrected chi connectivity index (χ3v) is 7.01. The predicted octanol–water partition coefficient (Wildman–Crippen LogP) is 2.27. The number of benzene rings is 2. The van der Waals surface area contributed by atoms with Crippen molar-refractivity contribution in [2.24, 2.45) is 0 Å². The van der Waals surface area contributed by atoms with Crippen LogP contribution in [0.1, 0.15) is 12.0 Å². The minimum Gasteiger partial charge on any atom is -0.493 e. The Bertz CT molecular complexity index is 966. The Morgan fingerprint density at radius 2 is 1.84 bits per heavy atom. The predicted molar refractivity (Wildman–Crippen MR) is 115 cm³/mol. The lowest BCUT2D eigenvalue weighted by molar-refractivity contribution is 0.0524. The van der Waals surface area contributed by atoms with E-state index in [1.807, 2.05) is 17.0 Å². The summed E-state index contributed by atoms with van der Waals surface area (Å²) in [5, 5.41) is 10.6. The molecule has 0 aromatic heterocycles. The standard InChI is InChI=1S/C22H28FNO6S/c1-28-21-8-3-16(11-22(21)29-2)12-24(18-9-10-31(26,27)15-18)13-19(25)14-30-20-6-4-17(23)5-7-20/h3-8,11,18-19,25H,9-10,12-15H2,1-2H3. The molecule has 2 unspecified atom stereocenters. The zero-order valence-electron chi connectivity index (χ0n) is 17.7. The van der Waals surface area contributed by atoms with E-state index in [9.17, 15) is 17.9 Å². The maximum absolute atomic E-state index is 13.0. The third kappa shape index (κ3) is 6.56. The summed E-state index contributed by atoms with van der Waals surface area (Å²) in [6.07, 6.45) is -0.338. The average Bonchev–Trinajstić information content (AvgIpc) is 3.12. The van der Waals surface area contributed by atoms with Crippen molar-refractivity contribution < 1.29 is 32.1 Å². The molecule has 0 spiro atoms. The SMILES string of the molecule is COc1ccc(CN(CC(O)COc2ccc(F)cc2)C2CCS(=O)(=O)C2)cc1OC. The van der Waals surface area contributed by atoms with Crippen LogP contribution in [-0.4, -0.2) is 69.4 Å². The van der Waals surface area contributed by atoms with Crippen molar-refractivity contribution in [1.82, 2.24) is 4.90 Å². The molecule has 0 radical (unpaired) electrons. The van der Waals surface area contributed by atoms with Gasteiger partial charge in [-0.2, -0.15) is 0 Å². The summed E-state index contributed by atoms with van der Waals surface area (Å²) in [7, 11) is 0.0291. The molecule has 1 aliphatic rings. The first kappa shape index (κ1) is 23.3. The number of methoxy groups -OCH3 is 2. The molecular weight excluding hydrogens is 425 g/mol. The fourth-order valence-corrected chi connectivity index (χ4v) is 5.43. The first-order chi connectivity index (χ1) is 14.8. The molecule has 9 heteroatoms. The fraction of sp³-hybridized carbons (Fsp3) is 0.455. The third-order valence-electron chi connectivity index (χ3n) is 5.26. The minimum atomic E-state index is -3.09. The first-order valence-electron chi connectivity index (χ1n) is 10.0. The van der Waals surface area contributed by atoms with Crippen LogP contribution in [0.5, 0.6) is 17.2 Å². The minimum absolute atomic E-state index is 0.00748. The summed E-state index contributed by atoms with van der Waals surface area (Å²) in [6.45, 7) is 0.678. The van der Waals surface area contributed by atoms with Crippen LogP contribution in [0.2, 0.25) is 0 Å². The molecular formula is C22H28FNO6S. The van der Waals surface area contributed by atoms with E-state index in [2.05, 4.69) is 0 Å². The van der Waals surface area contributed by atoms with Crippen molar-refractivity contribution in [2.45, 2.75) is 25.1 Å². The molecule has 0 aliphatic carbocycles. The van der Waals surface area contributed by atoms with Gasteiger partial charge in [0, 0.05) is 19.1 Å². The number of sulfone groups is 1. The lowest BCUT2D eigenvalue weighted by atomic mass is 10.1. The van der Waals surface area contributed by atoms with Gasteiger partial charge in [-0.15, -0.1) is 0 Å². The summed E-state index contributed by atoms with van der Waals surface area (Å²) in [4.78, 5) is 1.96. The maximum atomic E-state index is 13.0. The van der Waals surface area contributed by atoms with Crippen molar-refractivity contribution in [3.8, 4) is 17.2 Å². The van der Waals surface area contributed by atoms with E-state index in [-0.39, 0.29) is 36.5 Å². The number of halogens is 1. The van der Waals surface area contributed by atoms with Gasteiger partial charge < -0.3 is 19.3 Å². The monoisotopic (exact) mass is 453 g/mol. The second-order valence-electron chi connectivity index (χ2n) is 7.59. The van der Waals surface area contributed by atoms with E-state index in [4.69, 9.17) is 14.2 Å². The second-order valence-corrected chi connectivity index (χ2v) is 9.82. The Hall–Kier alpha value is -2.36. The molecule has 1 saturated heterocycles. The van der Waals surface area contributed by atoms with Gasteiger partial charge in [-0.3, -0.25) is 4.90 Å². The van der Waals surface area contributed by atoms with E-state index in [0.29, 0.717) is 30.2 Å². The number of aliphatic hydroxyl groups is 1. The Kier molecular flexibility index (Phi) is 7.74. The Morgan fingerprint density at radius 3 is 2.45 bits per heavy atom. The van der Waals surface area contributed by atoms with Crippen LogP contribution in [0.3, 0.4) is 0 Å². The number of rotatable bonds is 10. The van der Waals surface area contributed by atoms with Gasteiger partial charge >= 0.3 is 0 Å². The maximum Gasteiger partial charge on any atom is 0.161 e. The molecule has 2 aromatic carbocycles. The quantitative estimate of drug-likeness (QED) is 0.591. The van der Waals surface area contributed by atoms with Crippen LogP contribution in [0, 0.1) is 5.82 Å². The van der Waals surface area contributed by atoms with Crippen molar-refractivity contribution in [2.75, 3.05) is 38.9 Å². The highest BCUT2D eigenvalue weighted by molar-refractivity contribution is 7.91. The second kappa shape index (κ2) is 10.3. The average molecular weight is 454 g/mol. The number of ether oxygens (including phenoxy) is 3. The lowest BCUT2D eigenvalue weighted by Crippen LogP contribution is -2.42. The van der Waals surface area contributed by atoms with Crippen LogP contribution < -0.4 is 14.2 Å². The number of nitrogens with zero attached hydrogens (tertiary/aromatic N) is 1. The fourth-order valence-electron chi connectivity index (χ4n) is 3.67. The van der Waals surface area contributed by atoms with E-state index < -0.39 is 15.9 Å². The summed E-state index contributed by atoms with van der Waals surface area (Å²) in [5.74, 6) is 1.48. The van der Waals surface area contributed by atoms with Crippen LogP contribution in [0.15, 0.2) is 42.5 Å². The van der Waals surface area contributed by atoms with Gasteiger partial charge in [-0.25, -0.2) is 12.8 Å². The van der Waals surface area contributed by atoms with Gasteiger partial charge in [0.25, 0.3) is 0 Å². The van der Waals surface area contributed by atoms with Gasteiger partial charge in [0.1, 0.15) is 24.3 Å². The van der Waals surface area contributed by atoms with E-state index in [0.717, 1.165) is 5.56 Å². The Labute approximate surface area is 182 Å². The van der Waals surface area contributed by atoms with Crippen molar-refractivity contribution in [3.05, 3.63) is 53.8 Å². The van der Waals surface area contributed by atoms with Gasteiger partial charge in [0.05, 0.1) is 25.7 Å². The Balaban J connectivity index is 1.69. The van der Waals surface area contributed by atoms with E-state index in [1.54, 1.807) is 20.3 Å². The normalized spacial score (nSPS) is 18.7. The van der Waals surface area contributed by atoms with Gasteiger partial charge in [-0.1, -0.05) is 6.07 Å². The molecule has 0 saturated carbocycles. The summed E-state index contributed by atoms with van der Waals surface area (Å²) < 4.78 is 53.2. The number of hydrogen-bond acceptors (Lipinski definition) is 7. The van der Waals surface area contributed by atoms with Crippen molar-refractivity contribution >= 4 is 9.84 Å². The highest BCUT2D eigenvalue weighted by atomic mass is 32.2. The van der Waals surface area contributed by atoms with Crippen LogP contribution in [0.4, 0.5) is 4.39 Å². The summed E-state index contributed by atoms with van der Waals surface area (Å²) in [5.41, 5.74) is 0.911. The smallest absolute Gasteiger partial charge is 0.161 e. The van der Waals surface area contributed by atoms with Crippen LogP contribution in [0.25, 0.3) is 0 Å². The lowest BCUT2D eigenvalue weighted by Gasteiger charge is -2.30. The van der Waals surface area contributed by atoms with Crippen LogP contribution in [-0.2, 0) is 16.4 Å². The van der Waals surface area contributed by atoms with E-state index >= 15 is 0 Å². The molecule has 0 amide bonds. The van der Waals surface area contributed by atoms with E-state index in [1.165, 1.54) is 24.3 Å². The summed E-state index contributed by atoms with van der Waals surface area (Å²) in [6, 6.07) is 10.9. The van der Waals surface area contributed by atoms with Crippen molar-refractivity contribution in [3.63, 3.8) is 0 Å². The number of aliphatic hydroxyl groups excluding tert-OH is 1. The molecule has 2 atom stereocenters. The molecule has 170 valence electrons.